The van der Waals surface area contributed by atoms with E-state index in [1.54, 1.807) is 38.5 Å². The monoisotopic (exact) mass is 247 g/mol. The van der Waals surface area contributed by atoms with E-state index in [4.69, 9.17) is 0 Å². The Morgan fingerprint density at radius 1 is 0.500 bits per heavy atom. The van der Waals surface area contributed by atoms with Gasteiger partial charge in [-0.2, -0.15) is 0 Å². The standard InChI is InChI=1S/C14H20.C3H9N/c1-7-2-12-10-4-8-5-11(9(1)10)13(3-7)14(12)6-8;1-4(2)3/h7-14H,1-6H2;1-3H3. The molecule has 0 aliphatic heterocycles. The number of hydrogen-bond acceptors (Lipinski definition) is 1. The Morgan fingerprint density at radius 3 is 0.833 bits per heavy atom. The highest BCUT2D eigenvalue weighted by atomic mass is 15.0. The second kappa shape index (κ2) is 3.98. The average molecular weight is 247 g/mol. The second-order valence-electron chi connectivity index (χ2n) is 8.47. The van der Waals surface area contributed by atoms with E-state index in [0.29, 0.717) is 0 Å². The van der Waals surface area contributed by atoms with Gasteiger partial charge >= 0.3 is 0 Å². The predicted molar refractivity (Wildman–Crippen MR) is 75.2 cm³/mol. The van der Waals surface area contributed by atoms with Gasteiger partial charge in [-0.3, -0.25) is 0 Å². The average Bonchev–Trinajstić information content (AvgIpc) is 2.34. The summed E-state index contributed by atoms with van der Waals surface area (Å²) in [5.41, 5.74) is 0. The zero-order valence-electron chi connectivity index (χ0n) is 12.3. The minimum absolute atomic E-state index is 1.19. The van der Waals surface area contributed by atoms with Gasteiger partial charge in [0.2, 0.25) is 0 Å². The zero-order valence-corrected chi connectivity index (χ0v) is 12.3. The molecule has 0 aromatic rings. The van der Waals surface area contributed by atoms with Crippen LogP contribution in [0.4, 0.5) is 0 Å². The Morgan fingerprint density at radius 2 is 0.667 bits per heavy atom. The van der Waals surface area contributed by atoms with Crippen molar-refractivity contribution in [1.82, 2.24) is 4.90 Å². The molecule has 7 saturated carbocycles. The molecule has 0 atom stereocenters. The molecule has 8 bridgehead atoms. The lowest BCUT2D eigenvalue weighted by Gasteiger charge is -2.69. The minimum Gasteiger partial charge on any atom is -0.312 e. The first kappa shape index (κ1) is 11.8. The van der Waals surface area contributed by atoms with E-state index < -0.39 is 0 Å². The molecule has 7 fully saturated rings. The summed E-state index contributed by atoms with van der Waals surface area (Å²) in [5, 5.41) is 0. The van der Waals surface area contributed by atoms with Crippen molar-refractivity contribution in [2.24, 2.45) is 47.3 Å². The molecule has 0 saturated heterocycles. The molecule has 7 aliphatic rings. The third-order valence-corrected chi connectivity index (χ3v) is 6.93. The molecule has 1 nitrogen and oxygen atoms in total. The lowest BCUT2D eigenvalue weighted by molar-refractivity contribution is -0.202. The molecule has 0 spiro atoms. The Bertz CT molecular complexity index is 244. The molecule has 102 valence electrons. The van der Waals surface area contributed by atoms with Crippen LogP contribution in [-0.4, -0.2) is 26.0 Å². The van der Waals surface area contributed by atoms with Gasteiger partial charge < -0.3 is 4.90 Å². The van der Waals surface area contributed by atoms with Crippen LogP contribution < -0.4 is 0 Å². The largest absolute Gasteiger partial charge is 0.312 e. The van der Waals surface area contributed by atoms with Gasteiger partial charge in [-0.05, 0) is 107 Å². The van der Waals surface area contributed by atoms with Gasteiger partial charge in [0.25, 0.3) is 0 Å². The van der Waals surface area contributed by atoms with Gasteiger partial charge in [-0.1, -0.05) is 0 Å². The first-order chi connectivity index (χ1) is 8.63. The highest BCUT2D eigenvalue weighted by Crippen LogP contribution is 2.71. The zero-order chi connectivity index (χ0) is 12.4. The summed E-state index contributed by atoms with van der Waals surface area (Å²) in [6.07, 6.45) is 9.93. The normalized spacial score (nSPS) is 58.0. The van der Waals surface area contributed by atoms with Crippen LogP contribution in [0.5, 0.6) is 0 Å². The Balaban J connectivity index is 0.000000198. The van der Waals surface area contributed by atoms with Crippen molar-refractivity contribution in [2.45, 2.75) is 38.5 Å². The van der Waals surface area contributed by atoms with E-state index in [0.717, 1.165) is 0 Å². The maximum Gasteiger partial charge on any atom is -0.0140 e. The molecule has 0 aromatic heterocycles. The molecular weight excluding hydrogens is 218 g/mol. The van der Waals surface area contributed by atoms with E-state index in [-0.39, 0.29) is 0 Å². The Labute approximate surface area is 112 Å². The molecule has 7 rings (SSSR count). The smallest absolute Gasteiger partial charge is 0.0140 e. The van der Waals surface area contributed by atoms with E-state index >= 15 is 0 Å². The van der Waals surface area contributed by atoms with Gasteiger partial charge in [-0.25, -0.2) is 0 Å². The van der Waals surface area contributed by atoms with Gasteiger partial charge in [0.15, 0.2) is 0 Å². The number of hydrogen-bond donors (Lipinski definition) is 0. The maximum absolute atomic E-state index is 2.00. The second-order valence-corrected chi connectivity index (χ2v) is 8.47. The summed E-state index contributed by atoms with van der Waals surface area (Å²) in [6, 6.07) is 0. The number of nitrogens with zero attached hydrogens (tertiary/aromatic N) is 1. The molecule has 0 heterocycles. The third kappa shape index (κ3) is 1.55. The van der Waals surface area contributed by atoms with Gasteiger partial charge in [0, 0.05) is 0 Å². The van der Waals surface area contributed by atoms with Gasteiger partial charge in [0.1, 0.15) is 0 Å². The summed E-state index contributed by atoms with van der Waals surface area (Å²) in [4.78, 5) is 2.00. The summed E-state index contributed by atoms with van der Waals surface area (Å²) in [7, 11) is 6.00. The van der Waals surface area contributed by atoms with Crippen LogP contribution >= 0.6 is 0 Å². The fraction of sp³-hybridized carbons (Fsp3) is 1.00. The molecular formula is C17H29N. The van der Waals surface area contributed by atoms with Crippen molar-refractivity contribution in [3.63, 3.8) is 0 Å². The molecule has 18 heavy (non-hydrogen) atoms. The molecule has 7 aliphatic carbocycles. The van der Waals surface area contributed by atoms with Crippen molar-refractivity contribution in [3.05, 3.63) is 0 Å². The van der Waals surface area contributed by atoms with E-state index in [1.807, 2.05) is 26.0 Å². The molecule has 0 radical (unpaired) electrons. The lowest BCUT2D eigenvalue weighted by atomic mass is 9.36. The fourth-order valence-corrected chi connectivity index (χ4v) is 6.89. The maximum atomic E-state index is 2.00. The van der Waals surface area contributed by atoms with Crippen molar-refractivity contribution in [1.29, 1.82) is 0 Å². The first-order valence-corrected chi connectivity index (χ1v) is 8.24. The SMILES string of the molecule is C1C2CC3C4CC5CC(C14)C(C2)C3C5.CN(C)C. The Kier molecular flexibility index (Phi) is 2.60. The Hall–Kier alpha value is -0.0400. The van der Waals surface area contributed by atoms with Crippen LogP contribution in [0.2, 0.25) is 0 Å². The highest BCUT2D eigenvalue weighted by Gasteiger charge is 2.63. The molecule has 0 unspecified atom stereocenters. The van der Waals surface area contributed by atoms with Crippen LogP contribution in [0, 0.1) is 47.3 Å². The van der Waals surface area contributed by atoms with Gasteiger partial charge in [0.05, 0.1) is 0 Å². The molecule has 0 amide bonds. The van der Waals surface area contributed by atoms with Crippen LogP contribution in [0.1, 0.15) is 38.5 Å². The molecule has 0 aromatic carbocycles. The van der Waals surface area contributed by atoms with Crippen molar-refractivity contribution < 1.29 is 0 Å². The van der Waals surface area contributed by atoms with Gasteiger partial charge in [-0.15, -0.1) is 0 Å². The molecule has 0 N–H and O–H groups in total. The topological polar surface area (TPSA) is 3.24 Å². The summed E-state index contributed by atoms with van der Waals surface area (Å²) in [5.74, 6) is 9.74. The summed E-state index contributed by atoms with van der Waals surface area (Å²) < 4.78 is 0. The predicted octanol–water partition coefficient (Wildman–Crippen LogP) is 3.50. The van der Waals surface area contributed by atoms with Crippen LogP contribution in [0.15, 0.2) is 0 Å². The first-order valence-electron chi connectivity index (χ1n) is 8.24. The van der Waals surface area contributed by atoms with E-state index in [9.17, 15) is 0 Å². The van der Waals surface area contributed by atoms with E-state index in [2.05, 4.69) is 0 Å². The lowest BCUT2D eigenvalue weighted by Crippen LogP contribution is -2.62. The molecule has 1 heteroatoms. The summed E-state index contributed by atoms with van der Waals surface area (Å²) >= 11 is 0. The van der Waals surface area contributed by atoms with Crippen LogP contribution in [0.3, 0.4) is 0 Å². The van der Waals surface area contributed by atoms with Crippen LogP contribution in [-0.2, 0) is 0 Å². The fourth-order valence-electron chi connectivity index (χ4n) is 6.89. The van der Waals surface area contributed by atoms with Crippen LogP contribution in [0.25, 0.3) is 0 Å². The third-order valence-electron chi connectivity index (χ3n) is 6.93. The minimum atomic E-state index is 1.19. The highest BCUT2D eigenvalue weighted by molar-refractivity contribution is 5.12. The quantitative estimate of drug-likeness (QED) is 0.633. The summed E-state index contributed by atoms with van der Waals surface area (Å²) in [6.45, 7) is 0. The van der Waals surface area contributed by atoms with Crippen molar-refractivity contribution >= 4 is 0 Å². The van der Waals surface area contributed by atoms with Crippen molar-refractivity contribution in [2.75, 3.05) is 21.1 Å². The van der Waals surface area contributed by atoms with E-state index in [1.165, 1.54) is 47.3 Å². The number of rotatable bonds is 0. The van der Waals surface area contributed by atoms with Crippen molar-refractivity contribution in [3.8, 4) is 0 Å².